The van der Waals surface area contributed by atoms with Gasteiger partial charge >= 0.3 is 0 Å². The minimum atomic E-state index is -0.554. The van der Waals surface area contributed by atoms with E-state index in [1.54, 1.807) is 0 Å². The van der Waals surface area contributed by atoms with Crippen molar-refractivity contribution < 1.29 is 9.90 Å². The Labute approximate surface area is 96.8 Å². The van der Waals surface area contributed by atoms with Gasteiger partial charge in [0.05, 0.1) is 5.54 Å². The van der Waals surface area contributed by atoms with Crippen LogP contribution in [0.2, 0.25) is 0 Å². The van der Waals surface area contributed by atoms with E-state index in [4.69, 9.17) is 10.8 Å². The summed E-state index contributed by atoms with van der Waals surface area (Å²) in [4.78, 5) is 14.1. The zero-order valence-corrected chi connectivity index (χ0v) is 9.82. The number of hydrogen-bond acceptors (Lipinski definition) is 3. The molecule has 0 bridgehead atoms. The van der Waals surface area contributed by atoms with Crippen molar-refractivity contribution in [2.24, 2.45) is 11.7 Å². The molecule has 1 saturated carbocycles. The monoisotopic (exact) mass is 226 g/mol. The Morgan fingerprint density at radius 3 is 2.75 bits per heavy atom. The van der Waals surface area contributed by atoms with Crippen LogP contribution >= 0.6 is 0 Å². The molecule has 0 spiro atoms. The maximum atomic E-state index is 12.2. The van der Waals surface area contributed by atoms with Crippen LogP contribution in [0.1, 0.15) is 38.5 Å². The van der Waals surface area contributed by atoms with E-state index >= 15 is 0 Å². The summed E-state index contributed by atoms with van der Waals surface area (Å²) in [6, 6.07) is 0. The highest BCUT2D eigenvalue weighted by Crippen LogP contribution is 2.32. The van der Waals surface area contributed by atoms with Gasteiger partial charge in [0, 0.05) is 19.7 Å². The molecular weight excluding hydrogens is 204 g/mol. The molecule has 0 radical (unpaired) electrons. The molecule has 0 aromatic heterocycles. The van der Waals surface area contributed by atoms with E-state index in [0.29, 0.717) is 5.92 Å². The van der Waals surface area contributed by atoms with E-state index in [1.165, 1.54) is 0 Å². The second-order valence-corrected chi connectivity index (χ2v) is 5.28. The van der Waals surface area contributed by atoms with E-state index in [1.807, 2.05) is 4.90 Å². The summed E-state index contributed by atoms with van der Waals surface area (Å²) in [5, 5.41) is 8.93. The first kappa shape index (κ1) is 11.9. The number of nitrogens with two attached hydrogens (primary N) is 1. The summed E-state index contributed by atoms with van der Waals surface area (Å²) in [7, 11) is 0. The summed E-state index contributed by atoms with van der Waals surface area (Å²) in [5.41, 5.74) is 5.50. The van der Waals surface area contributed by atoms with Crippen molar-refractivity contribution in [3.05, 3.63) is 0 Å². The molecule has 1 aliphatic carbocycles. The van der Waals surface area contributed by atoms with Crippen LogP contribution in [0.5, 0.6) is 0 Å². The number of aliphatic hydroxyl groups is 1. The van der Waals surface area contributed by atoms with Crippen molar-refractivity contribution in [2.45, 2.75) is 44.1 Å². The number of nitrogens with zero attached hydrogens (tertiary/aromatic N) is 1. The van der Waals surface area contributed by atoms with E-state index < -0.39 is 5.54 Å². The Morgan fingerprint density at radius 2 is 2.19 bits per heavy atom. The van der Waals surface area contributed by atoms with Crippen molar-refractivity contribution in [3.63, 3.8) is 0 Å². The molecule has 92 valence electrons. The fraction of sp³-hybridized carbons (Fsp3) is 0.917. The van der Waals surface area contributed by atoms with Crippen LogP contribution in [0.4, 0.5) is 0 Å². The van der Waals surface area contributed by atoms with Crippen LogP contribution < -0.4 is 5.73 Å². The lowest BCUT2D eigenvalue weighted by molar-refractivity contribution is -0.142. The van der Waals surface area contributed by atoms with Crippen molar-refractivity contribution in [1.82, 2.24) is 4.90 Å². The fourth-order valence-electron chi connectivity index (χ4n) is 2.75. The van der Waals surface area contributed by atoms with Crippen LogP contribution in [-0.4, -0.2) is 41.1 Å². The molecule has 4 nitrogen and oxygen atoms in total. The van der Waals surface area contributed by atoms with Crippen molar-refractivity contribution >= 4 is 5.91 Å². The van der Waals surface area contributed by atoms with Gasteiger partial charge in [-0.2, -0.15) is 0 Å². The van der Waals surface area contributed by atoms with E-state index in [9.17, 15) is 4.79 Å². The average Bonchev–Trinajstić information content (AvgIpc) is 2.26. The Balaban J connectivity index is 1.91. The Hall–Kier alpha value is -0.610. The minimum absolute atomic E-state index is 0.140. The van der Waals surface area contributed by atoms with Gasteiger partial charge in [-0.3, -0.25) is 4.79 Å². The third-order valence-electron chi connectivity index (χ3n) is 4.02. The van der Waals surface area contributed by atoms with Gasteiger partial charge in [-0.25, -0.2) is 0 Å². The van der Waals surface area contributed by atoms with Crippen molar-refractivity contribution in [1.29, 1.82) is 0 Å². The first-order valence-corrected chi connectivity index (χ1v) is 6.35. The molecule has 1 amide bonds. The number of carbonyl (C=O) groups excluding carboxylic acids is 1. The highest BCUT2D eigenvalue weighted by atomic mass is 16.3. The number of amides is 1. The molecular formula is C12H22N2O2. The zero-order chi connectivity index (χ0) is 11.6. The molecule has 4 heteroatoms. The summed E-state index contributed by atoms with van der Waals surface area (Å²) in [6.45, 7) is 1.86. The third-order valence-corrected chi connectivity index (χ3v) is 4.02. The normalized spacial score (nSPS) is 28.6. The van der Waals surface area contributed by atoms with E-state index in [2.05, 4.69) is 0 Å². The number of carbonyl (C=O) groups is 1. The molecule has 16 heavy (non-hydrogen) atoms. The lowest BCUT2D eigenvalue weighted by Gasteiger charge is -2.43. The van der Waals surface area contributed by atoms with E-state index in [-0.39, 0.29) is 12.5 Å². The lowest BCUT2D eigenvalue weighted by atomic mass is 9.76. The van der Waals surface area contributed by atoms with Crippen LogP contribution in [0.3, 0.4) is 0 Å². The van der Waals surface area contributed by atoms with Crippen molar-refractivity contribution in [3.8, 4) is 0 Å². The van der Waals surface area contributed by atoms with Crippen LogP contribution in [0.25, 0.3) is 0 Å². The molecule has 1 atom stereocenters. The second kappa shape index (κ2) is 4.72. The number of hydrogen-bond donors (Lipinski definition) is 2. The van der Waals surface area contributed by atoms with Crippen LogP contribution in [-0.2, 0) is 4.79 Å². The van der Waals surface area contributed by atoms with Gasteiger partial charge in [0.1, 0.15) is 0 Å². The fourth-order valence-corrected chi connectivity index (χ4v) is 2.75. The molecule has 0 aromatic rings. The van der Waals surface area contributed by atoms with Gasteiger partial charge in [0.2, 0.25) is 5.91 Å². The Morgan fingerprint density at radius 1 is 1.44 bits per heavy atom. The quantitative estimate of drug-likeness (QED) is 0.736. The van der Waals surface area contributed by atoms with Crippen LogP contribution in [0.15, 0.2) is 0 Å². The first-order chi connectivity index (χ1) is 7.65. The van der Waals surface area contributed by atoms with Crippen molar-refractivity contribution in [2.75, 3.05) is 19.7 Å². The van der Waals surface area contributed by atoms with Gasteiger partial charge in [-0.05, 0) is 44.4 Å². The smallest absolute Gasteiger partial charge is 0.242 e. The molecule has 3 N–H and O–H groups in total. The van der Waals surface area contributed by atoms with Gasteiger partial charge in [0.25, 0.3) is 0 Å². The topological polar surface area (TPSA) is 66.6 Å². The molecule has 2 rings (SSSR count). The lowest BCUT2D eigenvalue weighted by Crippen LogP contribution is -2.60. The standard InChI is InChI=1S/C12H22N2O2/c13-12(5-2-6-12)11(16)14-7-1-3-10(9-14)4-8-15/h10,15H,1-9,13H2. The molecule has 1 saturated heterocycles. The second-order valence-electron chi connectivity index (χ2n) is 5.28. The SMILES string of the molecule is NC1(C(=O)N2CCCC(CCO)C2)CCC1. The van der Waals surface area contributed by atoms with Gasteiger partial charge in [-0.15, -0.1) is 0 Å². The Kier molecular flexibility index (Phi) is 3.50. The largest absolute Gasteiger partial charge is 0.396 e. The number of likely N-dealkylation sites (tertiary alicyclic amines) is 1. The van der Waals surface area contributed by atoms with Gasteiger partial charge in [-0.1, -0.05) is 0 Å². The molecule has 0 aromatic carbocycles. The minimum Gasteiger partial charge on any atom is -0.396 e. The highest BCUT2D eigenvalue weighted by molar-refractivity contribution is 5.87. The predicted molar refractivity (Wildman–Crippen MR) is 61.8 cm³/mol. The summed E-state index contributed by atoms with van der Waals surface area (Å²) in [6.07, 6.45) is 5.74. The molecule has 2 fully saturated rings. The van der Waals surface area contributed by atoms with Gasteiger partial charge < -0.3 is 15.7 Å². The summed E-state index contributed by atoms with van der Waals surface area (Å²) in [5.74, 6) is 0.604. The molecule has 1 unspecified atom stereocenters. The third kappa shape index (κ3) is 2.23. The number of rotatable bonds is 3. The maximum absolute atomic E-state index is 12.2. The Bertz CT molecular complexity index is 262. The molecule has 2 aliphatic rings. The predicted octanol–water partition coefficient (Wildman–Crippen LogP) is 0.489. The maximum Gasteiger partial charge on any atom is 0.242 e. The molecule has 1 aliphatic heterocycles. The zero-order valence-electron chi connectivity index (χ0n) is 9.82. The number of aliphatic hydroxyl groups excluding tert-OH is 1. The summed E-state index contributed by atoms with van der Waals surface area (Å²) >= 11 is 0. The molecule has 1 heterocycles. The average molecular weight is 226 g/mol. The summed E-state index contributed by atoms with van der Waals surface area (Å²) < 4.78 is 0. The number of piperidine rings is 1. The van der Waals surface area contributed by atoms with E-state index in [0.717, 1.165) is 51.6 Å². The first-order valence-electron chi connectivity index (χ1n) is 6.35. The van der Waals surface area contributed by atoms with Gasteiger partial charge in [0.15, 0.2) is 0 Å². The highest BCUT2D eigenvalue weighted by Gasteiger charge is 2.43. The van der Waals surface area contributed by atoms with Crippen LogP contribution in [0, 0.1) is 5.92 Å².